The highest BCUT2D eigenvalue weighted by Crippen LogP contribution is 2.18. The van der Waals surface area contributed by atoms with Gasteiger partial charge >= 0.3 is 0 Å². The Bertz CT molecular complexity index is 652. The summed E-state index contributed by atoms with van der Waals surface area (Å²) in [7, 11) is 0. The Balaban J connectivity index is 2.07. The third-order valence-electron chi connectivity index (χ3n) is 3.21. The van der Waals surface area contributed by atoms with Crippen LogP contribution in [0.15, 0.2) is 42.5 Å². The molecule has 0 radical (unpaired) electrons. The predicted molar refractivity (Wildman–Crippen MR) is 87.3 cm³/mol. The lowest BCUT2D eigenvalue weighted by atomic mass is 10.0. The molecule has 0 saturated heterocycles. The fourth-order valence-electron chi connectivity index (χ4n) is 2.19. The van der Waals surface area contributed by atoms with Gasteiger partial charge in [-0.25, -0.2) is 0 Å². The first kappa shape index (κ1) is 15.4. The molecule has 0 aromatic heterocycles. The molecule has 4 nitrogen and oxygen atoms in total. The monoisotopic (exact) mass is 302 g/mol. The molecule has 2 amide bonds. The van der Waals surface area contributed by atoms with E-state index in [4.69, 9.17) is 0 Å². The normalized spacial score (nSPS) is 11.9. The summed E-state index contributed by atoms with van der Waals surface area (Å²) in [5.74, 6) is -0.205. The topological polar surface area (TPSA) is 58.2 Å². The average molecular weight is 302 g/mol. The van der Waals surface area contributed by atoms with E-state index in [0.717, 1.165) is 16.3 Å². The number of nitrogens with one attached hydrogen (secondary N) is 2. The molecule has 1 atom stereocenters. The van der Waals surface area contributed by atoms with Crippen molar-refractivity contribution in [3.8, 4) is 0 Å². The van der Waals surface area contributed by atoms with Crippen molar-refractivity contribution in [2.45, 2.75) is 19.5 Å². The molecule has 1 unspecified atom stereocenters. The molecule has 2 N–H and O–H groups in total. The predicted octanol–water partition coefficient (Wildman–Crippen LogP) is 1.89. The van der Waals surface area contributed by atoms with Gasteiger partial charge in [0.1, 0.15) is 6.04 Å². The van der Waals surface area contributed by atoms with Crippen LogP contribution in [-0.4, -0.2) is 23.6 Å². The van der Waals surface area contributed by atoms with Gasteiger partial charge in [0, 0.05) is 19.2 Å². The summed E-state index contributed by atoms with van der Waals surface area (Å²) in [6, 6.07) is 13.4. The molecule has 0 aliphatic rings. The second kappa shape index (κ2) is 7.13. The lowest BCUT2D eigenvalue weighted by molar-refractivity contribution is -0.127. The van der Waals surface area contributed by atoms with Crippen LogP contribution in [0.1, 0.15) is 12.5 Å². The van der Waals surface area contributed by atoms with Crippen molar-refractivity contribution in [3.05, 3.63) is 48.0 Å². The minimum absolute atomic E-state index is 0.229. The SMILES string of the molecule is CC(=O)NC(CS)C(=O)NCc1cccc2ccccc12. The molecule has 2 aromatic rings. The molecular formula is C16H18N2O2S. The third kappa shape index (κ3) is 3.98. The van der Waals surface area contributed by atoms with Crippen LogP contribution in [0.2, 0.25) is 0 Å². The second-order valence-corrected chi connectivity index (χ2v) is 5.16. The highest BCUT2D eigenvalue weighted by Gasteiger charge is 2.17. The zero-order chi connectivity index (χ0) is 15.2. The second-order valence-electron chi connectivity index (χ2n) is 4.79. The van der Waals surface area contributed by atoms with E-state index in [1.54, 1.807) is 0 Å². The van der Waals surface area contributed by atoms with E-state index in [0.29, 0.717) is 6.54 Å². The maximum absolute atomic E-state index is 12.0. The summed E-state index contributed by atoms with van der Waals surface area (Å²) >= 11 is 4.09. The molecule has 2 rings (SSSR count). The zero-order valence-corrected chi connectivity index (χ0v) is 12.7. The van der Waals surface area contributed by atoms with Crippen molar-refractivity contribution in [1.82, 2.24) is 10.6 Å². The summed E-state index contributed by atoms with van der Waals surface area (Å²) in [6.45, 7) is 1.80. The van der Waals surface area contributed by atoms with Gasteiger partial charge in [0.05, 0.1) is 0 Å². The molecule has 0 fully saturated rings. The molecule has 110 valence electrons. The van der Waals surface area contributed by atoms with Crippen molar-refractivity contribution in [2.24, 2.45) is 0 Å². The quantitative estimate of drug-likeness (QED) is 0.739. The first-order valence-electron chi connectivity index (χ1n) is 6.74. The molecule has 0 heterocycles. The number of thiol groups is 1. The van der Waals surface area contributed by atoms with Crippen molar-refractivity contribution < 1.29 is 9.59 Å². The van der Waals surface area contributed by atoms with E-state index in [-0.39, 0.29) is 17.6 Å². The van der Waals surface area contributed by atoms with Gasteiger partial charge in [0.15, 0.2) is 0 Å². The summed E-state index contributed by atoms with van der Waals surface area (Å²) in [4.78, 5) is 23.1. The minimum atomic E-state index is -0.610. The number of hydrogen-bond donors (Lipinski definition) is 3. The Labute approximate surface area is 129 Å². The smallest absolute Gasteiger partial charge is 0.243 e. The van der Waals surface area contributed by atoms with E-state index < -0.39 is 6.04 Å². The molecular weight excluding hydrogens is 284 g/mol. The van der Waals surface area contributed by atoms with E-state index in [1.165, 1.54) is 6.92 Å². The lowest BCUT2D eigenvalue weighted by Crippen LogP contribution is -2.47. The van der Waals surface area contributed by atoms with Crippen LogP contribution in [0.3, 0.4) is 0 Å². The fourth-order valence-corrected chi connectivity index (χ4v) is 2.45. The molecule has 0 saturated carbocycles. The van der Waals surface area contributed by atoms with Crippen molar-refractivity contribution >= 4 is 35.2 Å². The van der Waals surface area contributed by atoms with Crippen molar-refractivity contribution in [3.63, 3.8) is 0 Å². The third-order valence-corrected chi connectivity index (χ3v) is 3.57. The molecule has 5 heteroatoms. The standard InChI is InChI=1S/C16H18N2O2S/c1-11(19)18-15(10-21)16(20)17-9-13-7-4-6-12-5-2-3-8-14(12)13/h2-8,15,21H,9-10H2,1H3,(H,17,20)(H,18,19). The minimum Gasteiger partial charge on any atom is -0.350 e. The number of carbonyl (C=O) groups is 2. The van der Waals surface area contributed by atoms with Gasteiger partial charge in [-0.15, -0.1) is 0 Å². The molecule has 0 aliphatic heterocycles. The van der Waals surface area contributed by atoms with Gasteiger partial charge in [0.25, 0.3) is 0 Å². The van der Waals surface area contributed by atoms with Crippen LogP contribution in [0.4, 0.5) is 0 Å². The summed E-state index contributed by atoms with van der Waals surface area (Å²) in [6.07, 6.45) is 0. The van der Waals surface area contributed by atoms with Crippen LogP contribution in [0.25, 0.3) is 10.8 Å². The average Bonchev–Trinajstić information content (AvgIpc) is 2.50. The maximum Gasteiger partial charge on any atom is 0.243 e. The zero-order valence-electron chi connectivity index (χ0n) is 11.8. The Morgan fingerprint density at radius 1 is 1.14 bits per heavy atom. The van der Waals surface area contributed by atoms with Gasteiger partial charge in [-0.1, -0.05) is 42.5 Å². The molecule has 21 heavy (non-hydrogen) atoms. The van der Waals surface area contributed by atoms with E-state index >= 15 is 0 Å². The molecule has 0 bridgehead atoms. The Kier molecular flexibility index (Phi) is 5.22. The molecule has 0 aliphatic carbocycles. The highest BCUT2D eigenvalue weighted by atomic mass is 32.1. The van der Waals surface area contributed by atoms with Gasteiger partial charge in [-0.2, -0.15) is 12.6 Å². The summed E-state index contributed by atoms with van der Waals surface area (Å²) in [5.41, 5.74) is 1.04. The number of rotatable bonds is 5. The van der Waals surface area contributed by atoms with Crippen molar-refractivity contribution in [1.29, 1.82) is 0 Å². The van der Waals surface area contributed by atoms with E-state index in [9.17, 15) is 9.59 Å². The Hall–Kier alpha value is -2.01. The number of carbonyl (C=O) groups excluding carboxylic acids is 2. The van der Waals surface area contributed by atoms with Gasteiger partial charge in [-0.05, 0) is 16.3 Å². The van der Waals surface area contributed by atoms with Crippen LogP contribution in [-0.2, 0) is 16.1 Å². The van der Waals surface area contributed by atoms with Crippen LogP contribution in [0, 0.1) is 0 Å². The van der Waals surface area contributed by atoms with Crippen molar-refractivity contribution in [2.75, 3.05) is 5.75 Å². The van der Waals surface area contributed by atoms with E-state index in [2.05, 4.69) is 23.3 Å². The van der Waals surface area contributed by atoms with Crippen LogP contribution >= 0.6 is 12.6 Å². The largest absolute Gasteiger partial charge is 0.350 e. The van der Waals surface area contributed by atoms with Crippen LogP contribution in [0.5, 0.6) is 0 Å². The fraction of sp³-hybridized carbons (Fsp3) is 0.250. The van der Waals surface area contributed by atoms with Gasteiger partial charge < -0.3 is 10.6 Å². The Morgan fingerprint density at radius 3 is 2.57 bits per heavy atom. The van der Waals surface area contributed by atoms with Crippen LogP contribution < -0.4 is 10.6 Å². The number of benzene rings is 2. The molecule has 2 aromatic carbocycles. The first-order chi connectivity index (χ1) is 10.1. The number of fused-ring (bicyclic) bond motifs is 1. The first-order valence-corrected chi connectivity index (χ1v) is 7.37. The maximum atomic E-state index is 12.0. The molecule has 0 spiro atoms. The summed E-state index contributed by atoms with van der Waals surface area (Å²) < 4.78 is 0. The number of hydrogen-bond acceptors (Lipinski definition) is 3. The highest BCUT2D eigenvalue weighted by molar-refractivity contribution is 7.80. The summed E-state index contributed by atoms with van der Waals surface area (Å²) in [5, 5.41) is 7.67. The van der Waals surface area contributed by atoms with Gasteiger partial charge in [-0.3, -0.25) is 9.59 Å². The van der Waals surface area contributed by atoms with E-state index in [1.807, 2.05) is 42.5 Å². The number of amides is 2. The lowest BCUT2D eigenvalue weighted by Gasteiger charge is -2.16. The van der Waals surface area contributed by atoms with Gasteiger partial charge in [0.2, 0.25) is 11.8 Å². The Morgan fingerprint density at radius 2 is 1.86 bits per heavy atom.